The standard InChI is InChI=1S/C31H33N2O2P/c1-22-14-15-25-30(34-20-18-32(25)2)28(22)29-27(17-16-26-31(29)35-21-19-33(26)3)36(23-10-6-4-7-11-23)24-12-8-5-9-13-24/h4-17,26,31H,18-21H2,1-3H3. The molecule has 1 fully saturated rings. The summed E-state index contributed by atoms with van der Waals surface area (Å²) < 4.78 is 13.1. The van der Waals surface area contributed by atoms with Gasteiger partial charge in [0.05, 0.1) is 24.9 Å². The number of allylic oxidation sites excluding steroid dienone is 2. The van der Waals surface area contributed by atoms with Gasteiger partial charge in [-0.1, -0.05) is 78.9 Å². The van der Waals surface area contributed by atoms with E-state index in [4.69, 9.17) is 9.47 Å². The predicted molar refractivity (Wildman–Crippen MR) is 151 cm³/mol. The summed E-state index contributed by atoms with van der Waals surface area (Å²) in [6, 6.07) is 26.6. The van der Waals surface area contributed by atoms with E-state index < -0.39 is 7.92 Å². The molecule has 4 nitrogen and oxygen atoms in total. The number of hydrogen-bond acceptors (Lipinski definition) is 4. The number of aryl methyl sites for hydroxylation is 1. The second-order valence-electron chi connectivity index (χ2n) is 9.80. The van der Waals surface area contributed by atoms with Crippen molar-refractivity contribution in [3.8, 4) is 5.75 Å². The molecule has 6 rings (SSSR count). The Labute approximate surface area is 215 Å². The molecule has 1 saturated heterocycles. The third-order valence-electron chi connectivity index (χ3n) is 7.54. The maximum atomic E-state index is 6.63. The maximum Gasteiger partial charge on any atom is 0.150 e. The van der Waals surface area contributed by atoms with Gasteiger partial charge in [0.1, 0.15) is 12.7 Å². The second-order valence-corrected chi connectivity index (χ2v) is 12.0. The molecule has 0 N–H and O–H groups in total. The molecule has 2 heterocycles. The fourth-order valence-electron chi connectivity index (χ4n) is 5.63. The largest absolute Gasteiger partial charge is 0.489 e. The van der Waals surface area contributed by atoms with Crippen LogP contribution in [0, 0.1) is 6.92 Å². The lowest BCUT2D eigenvalue weighted by Gasteiger charge is -2.43. The number of likely N-dealkylation sites (N-methyl/N-ethyl adjacent to an activating group) is 2. The monoisotopic (exact) mass is 496 g/mol. The van der Waals surface area contributed by atoms with Crippen LogP contribution in [-0.4, -0.2) is 57.4 Å². The minimum absolute atomic E-state index is 0.0396. The molecule has 3 aromatic rings. The van der Waals surface area contributed by atoms with Crippen molar-refractivity contribution in [1.29, 1.82) is 0 Å². The molecule has 184 valence electrons. The van der Waals surface area contributed by atoms with Gasteiger partial charge in [-0.15, -0.1) is 0 Å². The summed E-state index contributed by atoms with van der Waals surface area (Å²) in [7, 11) is 3.58. The smallest absolute Gasteiger partial charge is 0.150 e. The van der Waals surface area contributed by atoms with Gasteiger partial charge in [-0.05, 0) is 49.4 Å². The fraction of sp³-hybridized carbons (Fsp3) is 0.290. The maximum absolute atomic E-state index is 6.63. The van der Waals surface area contributed by atoms with Crippen LogP contribution in [0.5, 0.6) is 5.75 Å². The van der Waals surface area contributed by atoms with Crippen LogP contribution in [0.1, 0.15) is 11.1 Å². The number of hydrogen-bond donors (Lipinski definition) is 0. The van der Waals surface area contributed by atoms with E-state index in [0.29, 0.717) is 6.61 Å². The highest BCUT2D eigenvalue weighted by Gasteiger charge is 2.40. The summed E-state index contributed by atoms with van der Waals surface area (Å²) in [5.41, 5.74) is 4.90. The average Bonchev–Trinajstić information content (AvgIpc) is 2.91. The highest BCUT2D eigenvalue weighted by molar-refractivity contribution is 7.77. The first-order valence-corrected chi connectivity index (χ1v) is 14.1. The van der Waals surface area contributed by atoms with Gasteiger partial charge in [0.2, 0.25) is 0 Å². The summed E-state index contributed by atoms with van der Waals surface area (Å²) in [4.78, 5) is 4.73. The van der Waals surface area contributed by atoms with Crippen LogP contribution in [0.15, 0.2) is 90.3 Å². The van der Waals surface area contributed by atoms with E-state index in [1.165, 1.54) is 32.6 Å². The van der Waals surface area contributed by atoms with Gasteiger partial charge in [0.25, 0.3) is 0 Å². The van der Waals surface area contributed by atoms with Gasteiger partial charge in [-0.25, -0.2) is 0 Å². The summed E-state index contributed by atoms with van der Waals surface area (Å²) in [6.07, 6.45) is 4.71. The first kappa shape index (κ1) is 23.5. The number of ether oxygens (including phenoxy) is 2. The number of benzene rings is 3. The van der Waals surface area contributed by atoms with E-state index in [0.717, 1.165) is 31.1 Å². The number of nitrogens with zero attached hydrogens (tertiary/aromatic N) is 2. The van der Waals surface area contributed by atoms with Crippen molar-refractivity contribution in [1.82, 2.24) is 4.90 Å². The molecule has 0 saturated carbocycles. The Morgan fingerprint density at radius 2 is 1.53 bits per heavy atom. The van der Waals surface area contributed by atoms with Crippen molar-refractivity contribution in [3.63, 3.8) is 0 Å². The van der Waals surface area contributed by atoms with Crippen LogP contribution in [0.4, 0.5) is 5.69 Å². The van der Waals surface area contributed by atoms with Gasteiger partial charge in [-0.2, -0.15) is 0 Å². The first-order chi connectivity index (χ1) is 17.6. The molecule has 3 aliphatic rings. The molecule has 3 aromatic carbocycles. The topological polar surface area (TPSA) is 24.9 Å². The predicted octanol–water partition coefficient (Wildman–Crippen LogP) is 4.94. The SMILES string of the molecule is Cc1ccc2c(c1C1=C(P(c3ccccc3)c3ccccc3)C=CC3C1OCCN3C)OCCN2C. The molecule has 2 unspecified atom stereocenters. The number of fused-ring (bicyclic) bond motifs is 2. The molecule has 0 radical (unpaired) electrons. The summed E-state index contributed by atoms with van der Waals surface area (Å²) in [5.74, 6) is 0.998. The molecule has 36 heavy (non-hydrogen) atoms. The van der Waals surface area contributed by atoms with Gasteiger partial charge >= 0.3 is 0 Å². The molecule has 1 aliphatic carbocycles. The Bertz CT molecular complexity index is 1270. The molecule has 5 heteroatoms. The van der Waals surface area contributed by atoms with Gasteiger partial charge in [0, 0.05) is 24.7 Å². The zero-order valence-corrected chi connectivity index (χ0v) is 22.1. The zero-order valence-electron chi connectivity index (χ0n) is 21.2. The highest BCUT2D eigenvalue weighted by atomic mass is 31.1. The quantitative estimate of drug-likeness (QED) is 0.478. The summed E-state index contributed by atoms with van der Waals surface area (Å²) in [5, 5.41) is 4.05. The first-order valence-electron chi connectivity index (χ1n) is 12.8. The molecule has 0 amide bonds. The lowest BCUT2D eigenvalue weighted by molar-refractivity contribution is -0.0154. The Kier molecular flexibility index (Phi) is 6.43. The number of morpholine rings is 1. The van der Waals surface area contributed by atoms with Crippen molar-refractivity contribution >= 4 is 29.8 Å². The van der Waals surface area contributed by atoms with E-state index in [9.17, 15) is 0 Å². The lowest BCUT2D eigenvalue weighted by Crippen LogP contribution is -2.50. The van der Waals surface area contributed by atoms with Gasteiger partial charge < -0.3 is 14.4 Å². The molecule has 0 spiro atoms. The van der Waals surface area contributed by atoms with Crippen LogP contribution in [0.25, 0.3) is 5.57 Å². The molecular weight excluding hydrogens is 463 g/mol. The normalized spacial score (nSPS) is 21.8. The Balaban J connectivity index is 1.65. The molecule has 2 aliphatic heterocycles. The zero-order chi connectivity index (χ0) is 24.6. The minimum Gasteiger partial charge on any atom is -0.489 e. The third kappa shape index (κ3) is 4.08. The van der Waals surface area contributed by atoms with Crippen molar-refractivity contribution in [2.45, 2.75) is 19.1 Å². The molecule has 2 atom stereocenters. The van der Waals surface area contributed by atoms with Gasteiger partial charge in [0.15, 0.2) is 5.75 Å². The van der Waals surface area contributed by atoms with Crippen molar-refractivity contribution in [2.75, 3.05) is 45.3 Å². The summed E-state index contributed by atoms with van der Waals surface area (Å²) in [6.45, 7) is 5.47. The van der Waals surface area contributed by atoms with Crippen LogP contribution < -0.4 is 20.2 Å². The van der Waals surface area contributed by atoms with Crippen molar-refractivity contribution < 1.29 is 9.47 Å². The van der Waals surface area contributed by atoms with Crippen LogP contribution in [0.2, 0.25) is 0 Å². The number of anilines is 1. The lowest BCUT2D eigenvalue weighted by atomic mass is 9.86. The Morgan fingerprint density at radius 1 is 0.833 bits per heavy atom. The molecular formula is C31H33N2O2P. The van der Waals surface area contributed by atoms with E-state index >= 15 is 0 Å². The van der Waals surface area contributed by atoms with E-state index in [1.54, 1.807) is 0 Å². The van der Waals surface area contributed by atoms with Gasteiger partial charge in [-0.3, -0.25) is 4.90 Å². The van der Waals surface area contributed by atoms with Crippen molar-refractivity contribution in [2.24, 2.45) is 0 Å². The number of rotatable bonds is 4. The molecule has 0 aromatic heterocycles. The minimum atomic E-state index is -0.790. The Morgan fingerprint density at radius 3 is 2.22 bits per heavy atom. The molecule has 0 bridgehead atoms. The van der Waals surface area contributed by atoms with Crippen LogP contribution >= 0.6 is 7.92 Å². The van der Waals surface area contributed by atoms with Crippen LogP contribution in [-0.2, 0) is 4.74 Å². The fourth-order valence-corrected chi connectivity index (χ4v) is 8.14. The second kappa shape index (κ2) is 9.86. The van der Waals surface area contributed by atoms with E-state index in [-0.39, 0.29) is 12.1 Å². The van der Waals surface area contributed by atoms with E-state index in [1.807, 2.05) is 0 Å². The van der Waals surface area contributed by atoms with E-state index in [2.05, 4.69) is 116 Å². The van der Waals surface area contributed by atoms with Crippen LogP contribution in [0.3, 0.4) is 0 Å². The third-order valence-corrected chi connectivity index (χ3v) is 10.0. The Hall–Kier alpha value is -2.91. The highest BCUT2D eigenvalue weighted by Crippen LogP contribution is 2.54. The van der Waals surface area contributed by atoms with Crippen molar-refractivity contribution in [3.05, 3.63) is 101 Å². The summed E-state index contributed by atoms with van der Waals surface area (Å²) >= 11 is 0. The average molecular weight is 497 g/mol.